The molecule has 9 heteroatoms. The topological polar surface area (TPSA) is 91.4 Å². The van der Waals surface area contributed by atoms with Crippen molar-refractivity contribution in [2.24, 2.45) is 0 Å². The number of carbonyl (C=O) groups excluding carboxylic acids is 3. The molecule has 0 aromatic heterocycles. The molecule has 36 heavy (non-hydrogen) atoms. The van der Waals surface area contributed by atoms with Crippen LogP contribution in [0.3, 0.4) is 0 Å². The summed E-state index contributed by atoms with van der Waals surface area (Å²) in [6.07, 6.45) is 1.62. The minimum atomic E-state index is -0.663. The SMILES string of the molecule is C=CCN1C(=O)NC(c2cccc(Oc3ccccc3)c2)C2=C1CN(CC(=O)N1CCOCC1)C2=O. The summed E-state index contributed by atoms with van der Waals surface area (Å²) in [6, 6.07) is 15.7. The Morgan fingerprint density at radius 2 is 1.83 bits per heavy atom. The highest BCUT2D eigenvalue weighted by Gasteiger charge is 2.44. The van der Waals surface area contributed by atoms with Crippen LogP contribution in [0.15, 0.2) is 78.5 Å². The lowest BCUT2D eigenvalue weighted by Gasteiger charge is -2.33. The maximum Gasteiger partial charge on any atom is 0.322 e. The molecule has 1 atom stereocenters. The first-order valence-electron chi connectivity index (χ1n) is 11.9. The van der Waals surface area contributed by atoms with E-state index in [1.807, 2.05) is 54.6 Å². The van der Waals surface area contributed by atoms with Crippen molar-refractivity contribution in [2.75, 3.05) is 45.9 Å². The molecule has 3 heterocycles. The van der Waals surface area contributed by atoms with Gasteiger partial charge in [0.25, 0.3) is 5.91 Å². The minimum absolute atomic E-state index is 0.0498. The van der Waals surface area contributed by atoms with E-state index >= 15 is 0 Å². The van der Waals surface area contributed by atoms with Crippen LogP contribution in [0.25, 0.3) is 0 Å². The summed E-state index contributed by atoms with van der Waals surface area (Å²) in [4.78, 5) is 44.3. The Hall–Kier alpha value is -4.11. The van der Waals surface area contributed by atoms with Gasteiger partial charge in [-0.2, -0.15) is 0 Å². The Labute approximate surface area is 209 Å². The lowest BCUT2D eigenvalue weighted by Crippen LogP contribution is -2.47. The molecule has 5 rings (SSSR count). The number of benzene rings is 2. The van der Waals surface area contributed by atoms with Crippen molar-refractivity contribution >= 4 is 17.8 Å². The monoisotopic (exact) mass is 488 g/mol. The predicted octanol–water partition coefficient (Wildman–Crippen LogP) is 2.69. The average Bonchev–Trinajstić information content (AvgIpc) is 3.22. The molecule has 3 aliphatic heterocycles. The van der Waals surface area contributed by atoms with Crippen molar-refractivity contribution < 1.29 is 23.9 Å². The van der Waals surface area contributed by atoms with Gasteiger partial charge in [0.05, 0.1) is 37.1 Å². The van der Waals surface area contributed by atoms with Crippen molar-refractivity contribution in [3.05, 3.63) is 84.1 Å². The quantitative estimate of drug-likeness (QED) is 0.605. The van der Waals surface area contributed by atoms with E-state index < -0.39 is 6.04 Å². The highest BCUT2D eigenvalue weighted by atomic mass is 16.5. The zero-order chi connectivity index (χ0) is 25.1. The fraction of sp³-hybridized carbons (Fsp3) is 0.296. The van der Waals surface area contributed by atoms with E-state index in [1.165, 1.54) is 9.80 Å². The van der Waals surface area contributed by atoms with Crippen LogP contribution in [0, 0.1) is 0 Å². The third kappa shape index (κ3) is 4.70. The lowest BCUT2D eigenvalue weighted by atomic mass is 9.95. The number of nitrogens with one attached hydrogen (secondary N) is 1. The molecule has 9 nitrogen and oxygen atoms in total. The lowest BCUT2D eigenvalue weighted by molar-refractivity contribution is -0.140. The molecule has 0 radical (unpaired) electrons. The molecule has 0 aliphatic carbocycles. The van der Waals surface area contributed by atoms with Crippen molar-refractivity contribution in [1.29, 1.82) is 0 Å². The number of morpholine rings is 1. The van der Waals surface area contributed by atoms with Crippen molar-refractivity contribution in [3.8, 4) is 11.5 Å². The van der Waals surface area contributed by atoms with Crippen LogP contribution in [-0.4, -0.2) is 78.5 Å². The minimum Gasteiger partial charge on any atom is -0.457 e. The Morgan fingerprint density at radius 3 is 2.58 bits per heavy atom. The van der Waals surface area contributed by atoms with Crippen molar-refractivity contribution in [3.63, 3.8) is 0 Å². The predicted molar refractivity (Wildman–Crippen MR) is 132 cm³/mol. The molecule has 0 saturated carbocycles. The zero-order valence-corrected chi connectivity index (χ0v) is 19.9. The fourth-order valence-corrected chi connectivity index (χ4v) is 4.71. The first-order valence-corrected chi connectivity index (χ1v) is 11.9. The Balaban J connectivity index is 1.42. The van der Waals surface area contributed by atoms with Gasteiger partial charge >= 0.3 is 6.03 Å². The maximum atomic E-state index is 13.6. The summed E-state index contributed by atoms with van der Waals surface area (Å²) in [7, 11) is 0. The Morgan fingerprint density at radius 1 is 1.08 bits per heavy atom. The molecule has 2 aromatic rings. The van der Waals surface area contributed by atoms with Crippen LogP contribution in [0.5, 0.6) is 11.5 Å². The summed E-state index contributed by atoms with van der Waals surface area (Å²) >= 11 is 0. The smallest absolute Gasteiger partial charge is 0.322 e. The number of rotatable bonds is 7. The first-order chi connectivity index (χ1) is 17.5. The molecular formula is C27H28N4O5. The van der Waals surface area contributed by atoms with E-state index in [4.69, 9.17) is 9.47 Å². The molecule has 0 spiro atoms. The number of hydrogen-bond acceptors (Lipinski definition) is 5. The van der Waals surface area contributed by atoms with Crippen molar-refractivity contribution in [2.45, 2.75) is 6.04 Å². The molecule has 2 aromatic carbocycles. The molecule has 4 amide bonds. The van der Waals surface area contributed by atoms with Gasteiger partial charge < -0.3 is 24.6 Å². The summed E-state index contributed by atoms with van der Waals surface area (Å²) in [5.74, 6) is 0.883. The second kappa shape index (κ2) is 10.2. The van der Waals surface area contributed by atoms with Crippen LogP contribution >= 0.6 is 0 Å². The normalized spacial score (nSPS) is 19.8. The molecule has 186 valence electrons. The van der Waals surface area contributed by atoms with Gasteiger partial charge in [-0.3, -0.25) is 14.5 Å². The van der Waals surface area contributed by atoms with Crippen LogP contribution in [0.2, 0.25) is 0 Å². The summed E-state index contributed by atoms with van der Waals surface area (Å²) in [5, 5.41) is 2.96. The zero-order valence-electron chi connectivity index (χ0n) is 19.9. The van der Waals surface area contributed by atoms with Gasteiger partial charge in [0, 0.05) is 19.6 Å². The number of hydrogen-bond donors (Lipinski definition) is 1. The van der Waals surface area contributed by atoms with E-state index in [0.29, 0.717) is 49.1 Å². The number of urea groups is 1. The third-order valence-corrected chi connectivity index (χ3v) is 6.47. The van der Waals surface area contributed by atoms with E-state index in [0.717, 1.165) is 5.56 Å². The second-order valence-electron chi connectivity index (χ2n) is 8.78. The van der Waals surface area contributed by atoms with Gasteiger partial charge in [0.1, 0.15) is 18.0 Å². The molecule has 1 saturated heterocycles. The maximum absolute atomic E-state index is 13.6. The van der Waals surface area contributed by atoms with E-state index in [-0.39, 0.29) is 37.5 Å². The molecule has 1 N–H and O–H groups in total. The average molecular weight is 489 g/mol. The first kappa shape index (κ1) is 23.6. The van der Waals surface area contributed by atoms with E-state index in [2.05, 4.69) is 11.9 Å². The van der Waals surface area contributed by atoms with E-state index in [9.17, 15) is 14.4 Å². The summed E-state index contributed by atoms with van der Waals surface area (Å²) in [6.45, 7) is 6.13. The van der Waals surface area contributed by atoms with Crippen LogP contribution in [-0.2, 0) is 14.3 Å². The molecule has 3 aliphatic rings. The number of carbonyl (C=O) groups is 3. The molecule has 1 unspecified atom stereocenters. The van der Waals surface area contributed by atoms with Crippen LogP contribution in [0.1, 0.15) is 11.6 Å². The van der Waals surface area contributed by atoms with Crippen LogP contribution < -0.4 is 10.1 Å². The third-order valence-electron chi connectivity index (χ3n) is 6.47. The number of nitrogens with zero attached hydrogens (tertiary/aromatic N) is 3. The number of para-hydroxylation sites is 1. The summed E-state index contributed by atoms with van der Waals surface area (Å²) < 4.78 is 11.3. The van der Waals surface area contributed by atoms with Gasteiger partial charge in [0.2, 0.25) is 5.91 Å². The van der Waals surface area contributed by atoms with Gasteiger partial charge in [0.15, 0.2) is 0 Å². The second-order valence-corrected chi connectivity index (χ2v) is 8.78. The van der Waals surface area contributed by atoms with Gasteiger partial charge in [-0.1, -0.05) is 36.4 Å². The van der Waals surface area contributed by atoms with Gasteiger partial charge in [-0.05, 0) is 29.8 Å². The Bertz CT molecular complexity index is 1210. The van der Waals surface area contributed by atoms with E-state index in [1.54, 1.807) is 11.0 Å². The molecule has 0 bridgehead atoms. The fourth-order valence-electron chi connectivity index (χ4n) is 4.71. The number of ether oxygens (including phenoxy) is 2. The largest absolute Gasteiger partial charge is 0.457 e. The van der Waals surface area contributed by atoms with Gasteiger partial charge in [-0.25, -0.2) is 4.79 Å². The highest BCUT2D eigenvalue weighted by Crippen LogP contribution is 2.37. The summed E-state index contributed by atoms with van der Waals surface area (Å²) in [5.41, 5.74) is 1.78. The Kier molecular flexibility index (Phi) is 6.73. The highest BCUT2D eigenvalue weighted by molar-refractivity contribution is 6.03. The standard InChI is InChI=1S/C27H28N4O5/c1-2-11-31-22-17-30(18-23(32)29-12-14-35-15-13-29)26(33)24(22)25(28-27(31)34)19-7-6-10-21(16-19)36-20-8-4-3-5-9-20/h2-10,16,25H,1,11-15,17-18H2,(H,28,34). The molecular weight excluding hydrogens is 460 g/mol. The molecule has 1 fully saturated rings. The van der Waals surface area contributed by atoms with Gasteiger partial charge in [-0.15, -0.1) is 6.58 Å². The number of amides is 4. The van der Waals surface area contributed by atoms with Crippen LogP contribution in [0.4, 0.5) is 4.79 Å². The van der Waals surface area contributed by atoms with Crippen molar-refractivity contribution in [1.82, 2.24) is 20.0 Å².